The maximum absolute atomic E-state index is 12.8. The van der Waals surface area contributed by atoms with Gasteiger partial charge in [0, 0.05) is 18.1 Å². The molecule has 0 aliphatic rings. The molecule has 1 N–H and O–H groups in total. The van der Waals surface area contributed by atoms with Crippen LogP contribution in [-0.2, 0) is 4.79 Å². The minimum atomic E-state index is -0.386. The van der Waals surface area contributed by atoms with Gasteiger partial charge in [-0.3, -0.25) is 9.59 Å². The van der Waals surface area contributed by atoms with Crippen molar-refractivity contribution in [3.8, 4) is 0 Å². The van der Waals surface area contributed by atoms with E-state index in [4.69, 9.17) is 23.2 Å². The van der Waals surface area contributed by atoms with Crippen LogP contribution < -0.4 is 5.32 Å². The molecule has 0 bridgehead atoms. The van der Waals surface area contributed by atoms with Crippen LogP contribution in [0.25, 0.3) is 10.2 Å². The number of hydrogen-bond acceptors (Lipinski definition) is 5. The third kappa shape index (κ3) is 4.21. The van der Waals surface area contributed by atoms with Gasteiger partial charge >= 0.3 is 0 Å². The van der Waals surface area contributed by atoms with Crippen LogP contribution >= 0.6 is 34.7 Å². The zero-order chi connectivity index (χ0) is 19.6. The van der Waals surface area contributed by atoms with Crippen LogP contribution in [0, 0.1) is 6.92 Å². The number of fused-ring (bicyclic) bond motifs is 1. The third-order valence-electron chi connectivity index (χ3n) is 3.99. The maximum Gasteiger partial charge on any atom is 0.255 e. The molecule has 0 unspecified atom stereocenters. The zero-order valence-corrected chi connectivity index (χ0v) is 17.0. The second-order valence-electron chi connectivity index (χ2n) is 5.81. The Labute approximate surface area is 170 Å². The number of aromatic nitrogens is 2. The lowest BCUT2D eigenvalue weighted by Crippen LogP contribution is -2.38. The topological polar surface area (TPSA) is 75.2 Å². The standard InChI is InChI=1S/C18H16Cl2N4O2S/c1-3-24(9-15(25)22-16-13(19)5-4-6-14(16)20)18(26)11-7-12-10(2)23-27-17(12)21-8-11/h4-8H,3,9H2,1-2H3,(H,22,25). The van der Waals surface area contributed by atoms with Crippen molar-refractivity contribution in [2.75, 3.05) is 18.4 Å². The normalized spacial score (nSPS) is 10.8. The van der Waals surface area contributed by atoms with Crippen molar-refractivity contribution in [2.45, 2.75) is 13.8 Å². The Bertz CT molecular complexity index is 1000. The fourth-order valence-electron chi connectivity index (χ4n) is 2.54. The average Bonchev–Trinajstić information content (AvgIpc) is 3.03. The number of benzene rings is 1. The Balaban J connectivity index is 1.76. The highest BCUT2D eigenvalue weighted by molar-refractivity contribution is 7.12. The lowest BCUT2D eigenvalue weighted by Gasteiger charge is -2.20. The molecule has 3 aromatic rings. The molecule has 2 amide bonds. The van der Waals surface area contributed by atoms with E-state index in [1.54, 1.807) is 31.2 Å². The smallest absolute Gasteiger partial charge is 0.255 e. The number of halogens is 2. The van der Waals surface area contributed by atoms with E-state index in [2.05, 4.69) is 14.7 Å². The molecule has 0 radical (unpaired) electrons. The van der Waals surface area contributed by atoms with Gasteiger partial charge in [0.15, 0.2) is 0 Å². The molecule has 0 saturated heterocycles. The Morgan fingerprint density at radius 1 is 1.26 bits per heavy atom. The summed E-state index contributed by atoms with van der Waals surface area (Å²) in [6.45, 7) is 3.90. The second kappa shape index (κ2) is 8.21. The summed E-state index contributed by atoms with van der Waals surface area (Å²) >= 11 is 13.4. The van der Waals surface area contributed by atoms with Gasteiger partial charge in [-0.1, -0.05) is 29.3 Å². The van der Waals surface area contributed by atoms with E-state index in [0.29, 0.717) is 27.8 Å². The molecule has 2 aromatic heterocycles. The van der Waals surface area contributed by atoms with Crippen molar-refractivity contribution in [1.29, 1.82) is 0 Å². The van der Waals surface area contributed by atoms with E-state index >= 15 is 0 Å². The molecule has 27 heavy (non-hydrogen) atoms. The van der Waals surface area contributed by atoms with E-state index in [-0.39, 0.29) is 18.4 Å². The van der Waals surface area contributed by atoms with Gasteiger partial charge in [-0.2, -0.15) is 4.37 Å². The SMILES string of the molecule is CCN(CC(=O)Nc1c(Cl)cccc1Cl)C(=O)c1cnc2snc(C)c2c1. The number of carbonyl (C=O) groups excluding carboxylic acids is 2. The van der Waals surface area contributed by atoms with Crippen molar-refractivity contribution >= 4 is 62.5 Å². The number of anilines is 1. The number of rotatable bonds is 5. The molecular weight excluding hydrogens is 407 g/mol. The van der Waals surface area contributed by atoms with Crippen molar-refractivity contribution in [1.82, 2.24) is 14.3 Å². The Hall–Kier alpha value is -2.22. The van der Waals surface area contributed by atoms with Gasteiger partial charge in [-0.15, -0.1) is 0 Å². The molecule has 3 rings (SSSR count). The number of nitrogens with zero attached hydrogens (tertiary/aromatic N) is 3. The number of para-hydroxylation sites is 1. The molecule has 140 valence electrons. The van der Waals surface area contributed by atoms with Gasteiger partial charge in [0.25, 0.3) is 5.91 Å². The number of likely N-dealkylation sites (N-methyl/N-ethyl adjacent to an activating group) is 1. The number of amides is 2. The van der Waals surface area contributed by atoms with Gasteiger partial charge in [-0.25, -0.2) is 4.98 Å². The molecule has 0 atom stereocenters. The van der Waals surface area contributed by atoms with Crippen LogP contribution in [-0.4, -0.2) is 39.2 Å². The number of carbonyl (C=O) groups is 2. The molecule has 6 nitrogen and oxygen atoms in total. The van der Waals surface area contributed by atoms with Crippen molar-refractivity contribution in [3.05, 3.63) is 51.8 Å². The minimum Gasteiger partial charge on any atom is -0.330 e. The Morgan fingerprint density at radius 3 is 2.63 bits per heavy atom. The molecule has 0 spiro atoms. The van der Waals surface area contributed by atoms with Crippen LogP contribution in [0.5, 0.6) is 0 Å². The predicted molar refractivity (Wildman–Crippen MR) is 109 cm³/mol. The summed E-state index contributed by atoms with van der Waals surface area (Å²) in [7, 11) is 0. The lowest BCUT2D eigenvalue weighted by atomic mass is 10.2. The Morgan fingerprint density at radius 2 is 1.96 bits per heavy atom. The minimum absolute atomic E-state index is 0.129. The first-order valence-electron chi connectivity index (χ1n) is 8.16. The fourth-order valence-corrected chi connectivity index (χ4v) is 3.76. The highest BCUT2D eigenvalue weighted by atomic mass is 35.5. The number of aryl methyl sites for hydroxylation is 1. The monoisotopic (exact) mass is 422 g/mol. The van der Waals surface area contributed by atoms with Gasteiger partial charge in [0.1, 0.15) is 11.4 Å². The maximum atomic E-state index is 12.8. The van der Waals surface area contributed by atoms with E-state index < -0.39 is 0 Å². The van der Waals surface area contributed by atoms with Gasteiger partial charge in [-0.05, 0) is 43.6 Å². The highest BCUT2D eigenvalue weighted by Crippen LogP contribution is 2.29. The lowest BCUT2D eigenvalue weighted by molar-refractivity contribution is -0.116. The molecule has 9 heteroatoms. The third-order valence-corrected chi connectivity index (χ3v) is 5.48. The molecule has 0 aliphatic heterocycles. The van der Waals surface area contributed by atoms with Crippen molar-refractivity contribution in [3.63, 3.8) is 0 Å². The first-order chi connectivity index (χ1) is 12.9. The second-order valence-corrected chi connectivity index (χ2v) is 7.38. The summed E-state index contributed by atoms with van der Waals surface area (Å²) in [4.78, 5) is 31.7. The Kier molecular flexibility index (Phi) is 5.94. The highest BCUT2D eigenvalue weighted by Gasteiger charge is 2.20. The molecular formula is C18H16Cl2N4O2S. The fraction of sp³-hybridized carbons (Fsp3) is 0.222. The van der Waals surface area contributed by atoms with Crippen LogP contribution in [0.2, 0.25) is 10.0 Å². The molecule has 0 fully saturated rings. The molecule has 2 heterocycles. The molecule has 1 aromatic carbocycles. The van der Waals surface area contributed by atoms with Crippen LogP contribution in [0.4, 0.5) is 5.69 Å². The summed E-state index contributed by atoms with van der Waals surface area (Å²) in [5.74, 6) is -0.666. The summed E-state index contributed by atoms with van der Waals surface area (Å²) in [6, 6.07) is 6.70. The number of hydrogen-bond donors (Lipinski definition) is 1. The van der Waals surface area contributed by atoms with Gasteiger partial charge < -0.3 is 10.2 Å². The first kappa shape index (κ1) is 19.5. The largest absolute Gasteiger partial charge is 0.330 e. The van der Waals surface area contributed by atoms with E-state index in [1.807, 2.05) is 6.92 Å². The van der Waals surface area contributed by atoms with Crippen LogP contribution in [0.1, 0.15) is 23.0 Å². The van der Waals surface area contributed by atoms with E-state index in [9.17, 15) is 9.59 Å². The predicted octanol–water partition coefficient (Wildman–Crippen LogP) is 4.41. The summed E-state index contributed by atoms with van der Waals surface area (Å²) < 4.78 is 4.24. The average molecular weight is 423 g/mol. The summed E-state index contributed by atoms with van der Waals surface area (Å²) in [6.07, 6.45) is 1.51. The van der Waals surface area contributed by atoms with Gasteiger partial charge in [0.05, 0.1) is 27.0 Å². The van der Waals surface area contributed by atoms with Crippen LogP contribution in [0.3, 0.4) is 0 Å². The number of pyridine rings is 1. The molecule has 0 aliphatic carbocycles. The quantitative estimate of drug-likeness (QED) is 0.660. The number of nitrogens with one attached hydrogen (secondary N) is 1. The summed E-state index contributed by atoms with van der Waals surface area (Å²) in [5.41, 5.74) is 1.57. The van der Waals surface area contributed by atoms with Crippen molar-refractivity contribution < 1.29 is 9.59 Å². The van der Waals surface area contributed by atoms with Crippen LogP contribution in [0.15, 0.2) is 30.5 Å². The zero-order valence-electron chi connectivity index (χ0n) is 14.6. The van der Waals surface area contributed by atoms with E-state index in [1.165, 1.54) is 22.6 Å². The van der Waals surface area contributed by atoms with Crippen molar-refractivity contribution in [2.24, 2.45) is 0 Å². The first-order valence-corrected chi connectivity index (χ1v) is 9.68. The van der Waals surface area contributed by atoms with Gasteiger partial charge in [0.2, 0.25) is 5.91 Å². The molecule has 0 saturated carbocycles. The van der Waals surface area contributed by atoms with E-state index in [0.717, 1.165) is 15.9 Å². The summed E-state index contributed by atoms with van der Waals surface area (Å²) in [5, 5.41) is 4.17.